The molecular weight excluding hydrogens is 338 g/mol. The van der Waals surface area contributed by atoms with Crippen molar-refractivity contribution < 1.29 is 9.59 Å². The Morgan fingerprint density at radius 2 is 1.48 bits per heavy atom. The highest BCUT2D eigenvalue weighted by Gasteiger charge is 2.15. The van der Waals surface area contributed by atoms with Gasteiger partial charge in [0.2, 0.25) is 5.91 Å². The molecule has 27 heavy (non-hydrogen) atoms. The number of carbonyl (C=O) groups is 2. The zero-order valence-electron chi connectivity index (χ0n) is 18.1. The van der Waals surface area contributed by atoms with E-state index in [1.807, 2.05) is 24.3 Å². The van der Waals surface area contributed by atoms with Crippen LogP contribution in [0.25, 0.3) is 0 Å². The predicted octanol–water partition coefficient (Wildman–Crippen LogP) is 3.34. The second-order valence-corrected chi connectivity index (χ2v) is 8.61. The topological polar surface area (TPSA) is 61.4 Å². The Bertz CT molecular complexity index is 593. The first-order chi connectivity index (χ1) is 12.5. The van der Waals surface area contributed by atoms with Gasteiger partial charge >= 0.3 is 0 Å². The molecule has 5 nitrogen and oxygen atoms in total. The molecule has 152 valence electrons. The quantitative estimate of drug-likeness (QED) is 0.696. The van der Waals surface area contributed by atoms with Crippen LogP contribution in [0.15, 0.2) is 24.3 Å². The zero-order valence-corrected chi connectivity index (χ0v) is 18.1. The lowest BCUT2D eigenvalue weighted by atomic mass is 9.87. The summed E-state index contributed by atoms with van der Waals surface area (Å²) in [6, 6.07) is 8.54. The first kappa shape index (κ1) is 23.2. The van der Waals surface area contributed by atoms with E-state index in [1.54, 1.807) is 0 Å². The number of hydrogen-bond donors (Lipinski definition) is 2. The van der Waals surface area contributed by atoms with Gasteiger partial charge in [0.15, 0.2) is 0 Å². The Balaban J connectivity index is 2.34. The number of amides is 2. The second-order valence-electron chi connectivity index (χ2n) is 8.61. The molecule has 2 N–H and O–H groups in total. The molecule has 0 aliphatic carbocycles. The number of rotatable bonds is 9. The van der Waals surface area contributed by atoms with Crippen LogP contribution in [0.4, 0.5) is 0 Å². The smallest absolute Gasteiger partial charge is 0.251 e. The molecule has 0 fully saturated rings. The van der Waals surface area contributed by atoms with E-state index in [9.17, 15) is 9.59 Å². The van der Waals surface area contributed by atoms with E-state index in [1.165, 1.54) is 5.56 Å². The van der Waals surface area contributed by atoms with Gasteiger partial charge in [-0.2, -0.15) is 0 Å². The van der Waals surface area contributed by atoms with Crippen molar-refractivity contribution in [3.8, 4) is 0 Å². The molecule has 0 aliphatic heterocycles. The summed E-state index contributed by atoms with van der Waals surface area (Å²) in [4.78, 5) is 26.5. The van der Waals surface area contributed by atoms with Crippen LogP contribution in [0, 0.1) is 0 Å². The monoisotopic (exact) mass is 375 g/mol. The number of benzene rings is 1. The van der Waals surface area contributed by atoms with E-state index in [0.29, 0.717) is 30.7 Å². The van der Waals surface area contributed by atoms with Crippen molar-refractivity contribution in [3.63, 3.8) is 0 Å². The Morgan fingerprint density at radius 1 is 0.926 bits per heavy atom. The summed E-state index contributed by atoms with van der Waals surface area (Å²) >= 11 is 0. The standard InChI is InChI=1S/C22H37N3O2/c1-16(2)25(17(3)4)15-14-23-20(26)12-13-24-21(27)18-8-10-19(11-9-18)22(5,6)7/h8-11,16-17H,12-15H2,1-7H3,(H,23,26)(H,24,27). The highest BCUT2D eigenvalue weighted by atomic mass is 16.2. The summed E-state index contributed by atoms with van der Waals surface area (Å²) in [5.74, 6) is -0.181. The predicted molar refractivity (Wildman–Crippen MR) is 112 cm³/mol. The number of nitrogens with zero attached hydrogens (tertiary/aromatic N) is 1. The largest absolute Gasteiger partial charge is 0.355 e. The third kappa shape index (κ3) is 8.12. The fourth-order valence-electron chi connectivity index (χ4n) is 3.04. The summed E-state index contributed by atoms with van der Waals surface area (Å²) in [7, 11) is 0. The molecule has 0 aromatic heterocycles. The van der Waals surface area contributed by atoms with E-state index < -0.39 is 0 Å². The summed E-state index contributed by atoms with van der Waals surface area (Å²) in [5, 5.41) is 5.74. The highest BCUT2D eigenvalue weighted by molar-refractivity contribution is 5.94. The van der Waals surface area contributed by atoms with E-state index in [2.05, 4.69) is 64.0 Å². The van der Waals surface area contributed by atoms with Gasteiger partial charge in [0.1, 0.15) is 0 Å². The van der Waals surface area contributed by atoms with E-state index in [-0.39, 0.29) is 23.7 Å². The fourth-order valence-corrected chi connectivity index (χ4v) is 3.04. The molecule has 1 aromatic rings. The summed E-state index contributed by atoms with van der Waals surface area (Å²) < 4.78 is 0. The lowest BCUT2D eigenvalue weighted by Gasteiger charge is -2.30. The van der Waals surface area contributed by atoms with Crippen molar-refractivity contribution in [1.82, 2.24) is 15.5 Å². The molecule has 0 heterocycles. The SMILES string of the molecule is CC(C)N(CCNC(=O)CCNC(=O)c1ccc(C(C)(C)C)cc1)C(C)C. The highest BCUT2D eigenvalue weighted by Crippen LogP contribution is 2.22. The van der Waals surface area contributed by atoms with Crippen molar-refractivity contribution in [1.29, 1.82) is 0 Å². The van der Waals surface area contributed by atoms with Crippen LogP contribution in [0.1, 0.15) is 70.8 Å². The zero-order chi connectivity index (χ0) is 20.6. The van der Waals surface area contributed by atoms with Crippen LogP contribution >= 0.6 is 0 Å². The van der Waals surface area contributed by atoms with Crippen LogP contribution < -0.4 is 10.6 Å². The van der Waals surface area contributed by atoms with Crippen LogP contribution in [0.5, 0.6) is 0 Å². The van der Waals surface area contributed by atoms with Gasteiger partial charge in [-0.05, 0) is 50.8 Å². The van der Waals surface area contributed by atoms with Gasteiger partial charge < -0.3 is 10.6 Å². The molecule has 2 amide bonds. The molecule has 0 bridgehead atoms. The molecule has 0 aliphatic rings. The number of carbonyl (C=O) groups excluding carboxylic acids is 2. The molecule has 5 heteroatoms. The van der Waals surface area contributed by atoms with Gasteiger partial charge in [-0.25, -0.2) is 0 Å². The lowest BCUT2D eigenvalue weighted by molar-refractivity contribution is -0.121. The number of nitrogens with one attached hydrogen (secondary N) is 2. The average Bonchev–Trinajstić information content (AvgIpc) is 2.57. The molecule has 1 aromatic carbocycles. The first-order valence-corrected chi connectivity index (χ1v) is 9.93. The van der Waals surface area contributed by atoms with Crippen LogP contribution in [-0.4, -0.2) is 48.4 Å². The molecular formula is C22H37N3O2. The Morgan fingerprint density at radius 3 is 1.96 bits per heavy atom. The summed E-state index contributed by atoms with van der Waals surface area (Å²) in [6.45, 7) is 16.8. The summed E-state index contributed by atoms with van der Waals surface area (Å²) in [5.41, 5.74) is 1.87. The van der Waals surface area contributed by atoms with Crippen molar-refractivity contribution in [3.05, 3.63) is 35.4 Å². The Hall–Kier alpha value is -1.88. The molecule has 0 atom stereocenters. The van der Waals surface area contributed by atoms with Crippen LogP contribution in [0.2, 0.25) is 0 Å². The normalized spacial score (nSPS) is 11.9. The Kier molecular flexibility index (Phi) is 8.97. The maximum absolute atomic E-state index is 12.2. The maximum Gasteiger partial charge on any atom is 0.251 e. The molecule has 0 radical (unpaired) electrons. The third-order valence-electron chi connectivity index (χ3n) is 4.67. The third-order valence-corrected chi connectivity index (χ3v) is 4.67. The van der Waals surface area contributed by atoms with Crippen molar-refractivity contribution in [2.24, 2.45) is 0 Å². The second kappa shape index (κ2) is 10.5. The average molecular weight is 376 g/mol. The molecule has 0 saturated carbocycles. The van der Waals surface area contributed by atoms with E-state index in [0.717, 1.165) is 6.54 Å². The first-order valence-electron chi connectivity index (χ1n) is 9.93. The van der Waals surface area contributed by atoms with Crippen molar-refractivity contribution >= 4 is 11.8 Å². The van der Waals surface area contributed by atoms with Gasteiger partial charge in [0, 0.05) is 43.7 Å². The minimum absolute atomic E-state index is 0.0363. The Labute approximate surface area is 164 Å². The molecule has 0 unspecified atom stereocenters. The number of hydrogen-bond acceptors (Lipinski definition) is 3. The molecule has 0 saturated heterocycles. The van der Waals surface area contributed by atoms with Crippen LogP contribution in [0.3, 0.4) is 0 Å². The van der Waals surface area contributed by atoms with Gasteiger partial charge in [0.25, 0.3) is 5.91 Å². The van der Waals surface area contributed by atoms with Gasteiger partial charge in [-0.3, -0.25) is 14.5 Å². The van der Waals surface area contributed by atoms with E-state index >= 15 is 0 Å². The minimum atomic E-state index is -0.144. The summed E-state index contributed by atoms with van der Waals surface area (Å²) in [6.07, 6.45) is 0.287. The maximum atomic E-state index is 12.2. The van der Waals surface area contributed by atoms with Crippen LogP contribution in [-0.2, 0) is 10.2 Å². The molecule has 0 spiro atoms. The van der Waals surface area contributed by atoms with Crippen molar-refractivity contribution in [2.75, 3.05) is 19.6 Å². The molecule has 1 rings (SSSR count). The fraction of sp³-hybridized carbons (Fsp3) is 0.636. The van der Waals surface area contributed by atoms with E-state index in [4.69, 9.17) is 0 Å². The lowest BCUT2D eigenvalue weighted by Crippen LogP contribution is -2.42. The van der Waals surface area contributed by atoms with Gasteiger partial charge in [-0.1, -0.05) is 32.9 Å². The van der Waals surface area contributed by atoms with Gasteiger partial charge in [0.05, 0.1) is 0 Å². The minimum Gasteiger partial charge on any atom is -0.355 e. The van der Waals surface area contributed by atoms with Crippen molar-refractivity contribution in [2.45, 2.75) is 72.4 Å². The van der Waals surface area contributed by atoms with Gasteiger partial charge in [-0.15, -0.1) is 0 Å².